The summed E-state index contributed by atoms with van der Waals surface area (Å²) in [5.41, 5.74) is 2.10. The van der Waals surface area contributed by atoms with Crippen LogP contribution in [0.2, 0.25) is 0 Å². The molecule has 0 saturated carbocycles. The van der Waals surface area contributed by atoms with Crippen molar-refractivity contribution >= 4 is 23.4 Å². The highest BCUT2D eigenvalue weighted by molar-refractivity contribution is 7.98. The van der Waals surface area contributed by atoms with E-state index in [1.165, 1.54) is 12.0 Å². The third-order valence-electron chi connectivity index (χ3n) is 3.17. The van der Waals surface area contributed by atoms with Crippen molar-refractivity contribution in [2.75, 3.05) is 13.4 Å². The van der Waals surface area contributed by atoms with Crippen LogP contribution < -0.4 is 0 Å². The summed E-state index contributed by atoms with van der Waals surface area (Å²) in [4.78, 5) is 12.8. The van der Waals surface area contributed by atoms with E-state index in [0.717, 1.165) is 5.56 Å². The fraction of sp³-hybridized carbons (Fsp3) is 0.133. The topological polar surface area (TPSA) is 56.5 Å². The number of methoxy groups -OCH3 is 1. The molecule has 0 atom stereocenters. The van der Waals surface area contributed by atoms with E-state index in [2.05, 4.69) is 10.2 Å². The summed E-state index contributed by atoms with van der Waals surface area (Å²) in [5, 5.41) is 8.32. The number of carbonyl (C=O) groups excluding carboxylic acids is 1. The smallest absolute Gasteiger partial charge is 0.339 e. The zero-order chi connectivity index (χ0) is 14.8. The number of carbonyl (C=O) groups is 1. The summed E-state index contributed by atoms with van der Waals surface area (Å²) in [5.74, 6) is 0.317. The fourth-order valence-corrected chi connectivity index (χ4v) is 2.47. The first kappa shape index (κ1) is 13.6. The van der Waals surface area contributed by atoms with Gasteiger partial charge in [0.15, 0.2) is 11.5 Å². The Morgan fingerprint density at radius 3 is 2.57 bits per heavy atom. The fourth-order valence-electron chi connectivity index (χ4n) is 2.07. The Balaban J connectivity index is 2.11. The quantitative estimate of drug-likeness (QED) is 0.550. The van der Waals surface area contributed by atoms with Crippen LogP contribution in [0.4, 0.5) is 0 Å². The summed E-state index contributed by atoms with van der Waals surface area (Å²) in [6, 6.07) is 11.5. The number of aromatic nitrogens is 3. The lowest BCUT2D eigenvalue weighted by atomic mass is 10.2. The van der Waals surface area contributed by atoms with Crippen LogP contribution in [0.25, 0.3) is 17.0 Å². The Kier molecular flexibility index (Phi) is 3.62. The van der Waals surface area contributed by atoms with Gasteiger partial charge >= 0.3 is 5.97 Å². The summed E-state index contributed by atoms with van der Waals surface area (Å²) in [6.45, 7) is 0. The van der Waals surface area contributed by atoms with Crippen LogP contribution in [0.1, 0.15) is 10.4 Å². The van der Waals surface area contributed by atoms with Crippen molar-refractivity contribution in [2.45, 2.75) is 4.90 Å². The molecule has 0 amide bonds. The molecule has 0 radical (unpaired) electrons. The number of nitrogens with zero attached hydrogens (tertiary/aromatic N) is 3. The molecule has 0 aliphatic heterocycles. The van der Waals surface area contributed by atoms with Crippen molar-refractivity contribution in [1.82, 2.24) is 14.6 Å². The molecule has 0 spiro atoms. The van der Waals surface area contributed by atoms with Gasteiger partial charge in [0.2, 0.25) is 0 Å². The number of thioether (sulfide) groups is 1. The predicted octanol–water partition coefficient (Wildman–Crippen LogP) is 2.90. The molecule has 106 valence electrons. The molecule has 2 heterocycles. The van der Waals surface area contributed by atoms with Gasteiger partial charge in [-0.05, 0) is 30.5 Å². The molecule has 6 heteroatoms. The highest BCUT2D eigenvalue weighted by atomic mass is 32.2. The van der Waals surface area contributed by atoms with Crippen molar-refractivity contribution < 1.29 is 9.53 Å². The largest absolute Gasteiger partial charge is 0.465 e. The van der Waals surface area contributed by atoms with Gasteiger partial charge in [-0.15, -0.1) is 22.0 Å². The third kappa shape index (κ3) is 2.50. The molecule has 2 aromatic heterocycles. The Hall–Kier alpha value is -2.34. The van der Waals surface area contributed by atoms with Crippen LogP contribution in [0.15, 0.2) is 47.5 Å². The van der Waals surface area contributed by atoms with Crippen molar-refractivity contribution in [3.8, 4) is 11.4 Å². The first-order valence-corrected chi connectivity index (χ1v) is 7.53. The molecule has 21 heavy (non-hydrogen) atoms. The zero-order valence-corrected chi connectivity index (χ0v) is 12.4. The molecule has 0 bridgehead atoms. The van der Waals surface area contributed by atoms with E-state index in [0.29, 0.717) is 17.0 Å². The average molecular weight is 299 g/mol. The molecule has 0 fully saturated rings. The molecule has 5 nitrogen and oxygen atoms in total. The molecule has 1 aromatic carbocycles. The molecule has 0 aliphatic rings. The Morgan fingerprint density at radius 1 is 1.14 bits per heavy atom. The lowest BCUT2D eigenvalue weighted by Gasteiger charge is -2.03. The van der Waals surface area contributed by atoms with E-state index in [4.69, 9.17) is 4.74 Å². The number of hydrogen-bond acceptors (Lipinski definition) is 5. The van der Waals surface area contributed by atoms with Crippen LogP contribution in [-0.2, 0) is 4.74 Å². The Morgan fingerprint density at radius 2 is 1.90 bits per heavy atom. The van der Waals surface area contributed by atoms with E-state index >= 15 is 0 Å². The SMILES string of the molecule is COC(=O)c1ccc2nnc(-c3ccc(SC)cc3)n2c1. The lowest BCUT2D eigenvalue weighted by molar-refractivity contribution is 0.0600. The summed E-state index contributed by atoms with van der Waals surface area (Å²) in [6.07, 6.45) is 3.73. The Labute approximate surface area is 126 Å². The van der Waals surface area contributed by atoms with Crippen molar-refractivity contribution in [2.24, 2.45) is 0 Å². The molecular weight excluding hydrogens is 286 g/mol. The maximum Gasteiger partial charge on any atom is 0.339 e. The predicted molar refractivity (Wildman–Crippen MR) is 81.5 cm³/mol. The number of fused-ring (bicyclic) bond motifs is 1. The van der Waals surface area contributed by atoms with Gasteiger partial charge in [0, 0.05) is 16.7 Å². The van der Waals surface area contributed by atoms with Crippen LogP contribution in [0.5, 0.6) is 0 Å². The van der Waals surface area contributed by atoms with Crippen molar-refractivity contribution in [3.63, 3.8) is 0 Å². The van der Waals surface area contributed by atoms with Gasteiger partial charge in [0.1, 0.15) is 0 Å². The van der Waals surface area contributed by atoms with Gasteiger partial charge in [0.25, 0.3) is 0 Å². The van der Waals surface area contributed by atoms with Crippen molar-refractivity contribution in [1.29, 1.82) is 0 Å². The molecule has 3 aromatic rings. The molecule has 0 unspecified atom stereocenters. The summed E-state index contributed by atoms with van der Waals surface area (Å²) in [7, 11) is 1.36. The van der Waals surface area contributed by atoms with E-state index in [9.17, 15) is 4.79 Å². The second-order valence-electron chi connectivity index (χ2n) is 4.39. The van der Waals surface area contributed by atoms with E-state index in [-0.39, 0.29) is 5.97 Å². The minimum absolute atomic E-state index is 0.380. The number of ether oxygens (including phenoxy) is 1. The first-order valence-electron chi connectivity index (χ1n) is 6.30. The highest BCUT2D eigenvalue weighted by Gasteiger charge is 2.11. The van der Waals surface area contributed by atoms with Crippen LogP contribution in [0.3, 0.4) is 0 Å². The summed E-state index contributed by atoms with van der Waals surface area (Å²) < 4.78 is 6.53. The minimum atomic E-state index is -0.380. The number of rotatable bonds is 3. The molecule has 0 N–H and O–H groups in total. The monoisotopic (exact) mass is 299 g/mol. The van der Waals surface area contributed by atoms with Gasteiger partial charge in [-0.2, -0.15) is 0 Å². The number of hydrogen-bond donors (Lipinski definition) is 0. The van der Waals surface area contributed by atoms with Crippen LogP contribution in [-0.4, -0.2) is 33.9 Å². The Bertz CT molecular complexity index is 796. The second-order valence-corrected chi connectivity index (χ2v) is 5.27. The summed E-state index contributed by atoms with van der Waals surface area (Å²) >= 11 is 1.68. The van der Waals surface area contributed by atoms with Gasteiger partial charge in [-0.3, -0.25) is 4.40 Å². The average Bonchev–Trinajstić information content (AvgIpc) is 2.97. The van der Waals surface area contributed by atoms with Gasteiger partial charge in [-0.25, -0.2) is 4.79 Å². The second kappa shape index (κ2) is 5.57. The number of pyridine rings is 1. The van der Waals surface area contributed by atoms with E-state index < -0.39 is 0 Å². The van der Waals surface area contributed by atoms with Gasteiger partial charge in [0.05, 0.1) is 12.7 Å². The molecular formula is C15H13N3O2S. The molecule has 0 saturated heterocycles. The van der Waals surface area contributed by atoms with Crippen LogP contribution in [0, 0.1) is 0 Å². The maximum absolute atomic E-state index is 11.6. The van der Waals surface area contributed by atoms with Crippen LogP contribution >= 0.6 is 11.8 Å². The first-order chi connectivity index (χ1) is 10.2. The molecule has 3 rings (SSSR count). The van der Waals surface area contributed by atoms with E-state index in [1.54, 1.807) is 34.5 Å². The maximum atomic E-state index is 11.6. The van der Waals surface area contributed by atoms with Gasteiger partial charge < -0.3 is 4.74 Å². The third-order valence-corrected chi connectivity index (χ3v) is 3.92. The number of esters is 1. The lowest BCUT2D eigenvalue weighted by Crippen LogP contribution is -2.03. The van der Waals surface area contributed by atoms with E-state index in [1.807, 2.05) is 30.5 Å². The normalized spacial score (nSPS) is 10.8. The highest BCUT2D eigenvalue weighted by Crippen LogP contribution is 2.22. The molecule has 0 aliphatic carbocycles. The minimum Gasteiger partial charge on any atom is -0.465 e. The standard InChI is InChI=1S/C15H13N3O2S/c1-20-15(19)11-5-8-13-16-17-14(18(13)9-11)10-3-6-12(21-2)7-4-10/h3-9H,1-2H3. The number of benzene rings is 1. The van der Waals surface area contributed by atoms with Gasteiger partial charge in [-0.1, -0.05) is 12.1 Å². The van der Waals surface area contributed by atoms with Crippen molar-refractivity contribution in [3.05, 3.63) is 48.2 Å². The zero-order valence-electron chi connectivity index (χ0n) is 11.6.